The van der Waals surface area contributed by atoms with Crippen LogP contribution in [-0.4, -0.2) is 10.6 Å². The molecule has 3 heteroatoms. The Morgan fingerprint density at radius 2 is 2.00 bits per heavy atom. The maximum atomic E-state index is 4.69. The molecule has 0 aliphatic heterocycles. The highest BCUT2D eigenvalue weighted by atomic mass is 32.1. The fourth-order valence-electron chi connectivity index (χ4n) is 1.51. The largest absolute Gasteiger partial charge is 0.293 e. The van der Waals surface area contributed by atoms with Crippen molar-refractivity contribution < 1.29 is 0 Å². The summed E-state index contributed by atoms with van der Waals surface area (Å²) in [6.07, 6.45) is 4.60. The van der Waals surface area contributed by atoms with Crippen molar-refractivity contribution >= 4 is 11.3 Å². The summed E-state index contributed by atoms with van der Waals surface area (Å²) in [4.78, 5) is 5.80. The molecule has 76 valence electrons. The monoisotopic (exact) mass is 216 g/mol. The van der Waals surface area contributed by atoms with Gasteiger partial charge in [-0.3, -0.25) is 9.56 Å². The van der Waals surface area contributed by atoms with Crippen molar-refractivity contribution in [2.45, 2.75) is 18.9 Å². The van der Waals surface area contributed by atoms with E-state index in [-0.39, 0.29) is 0 Å². The first-order valence-corrected chi connectivity index (χ1v) is 6.07. The second kappa shape index (κ2) is 3.66. The highest BCUT2D eigenvalue weighted by molar-refractivity contribution is 7.07. The molecule has 1 aliphatic carbocycles. The lowest BCUT2D eigenvalue weighted by molar-refractivity contribution is 0.920. The Labute approximate surface area is 92.5 Å². The molecule has 0 bridgehead atoms. The van der Waals surface area contributed by atoms with E-state index in [1.54, 1.807) is 11.3 Å². The third-order valence-electron chi connectivity index (χ3n) is 2.46. The summed E-state index contributed by atoms with van der Waals surface area (Å²) in [5, 5.41) is 2.09. The van der Waals surface area contributed by atoms with Crippen LogP contribution in [-0.2, 0) is 0 Å². The molecular formula is C12H12N2S. The third-order valence-corrected chi connectivity index (χ3v) is 3.23. The molecule has 1 fully saturated rings. The lowest BCUT2D eigenvalue weighted by Crippen LogP contribution is -2.12. The lowest BCUT2D eigenvalue weighted by atomic mass is 10.3. The fraction of sp³-hybridized carbons (Fsp3) is 0.250. The molecule has 0 saturated heterocycles. The highest BCUT2D eigenvalue weighted by Crippen LogP contribution is 2.22. The normalized spacial score (nSPS) is 16.9. The van der Waals surface area contributed by atoms with Crippen LogP contribution in [0.15, 0.2) is 46.9 Å². The molecule has 0 N–H and O–H groups in total. The van der Waals surface area contributed by atoms with Gasteiger partial charge in [0.25, 0.3) is 0 Å². The van der Waals surface area contributed by atoms with Gasteiger partial charge in [0.15, 0.2) is 4.80 Å². The zero-order valence-corrected chi connectivity index (χ0v) is 9.15. The van der Waals surface area contributed by atoms with Gasteiger partial charge in [-0.2, -0.15) is 0 Å². The van der Waals surface area contributed by atoms with Crippen molar-refractivity contribution in [2.75, 3.05) is 0 Å². The molecule has 1 heterocycles. The Morgan fingerprint density at radius 3 is 2.73 bits per heavy atom. The molecule has 2 nitrogen and oxygen atoms in total. The Balaban J connectivity index is 2.08. The van der Waals surface area contributed by atoms with Crippen molar-refractivity contribution in [3.63, 3.8) is 0 Å². The Bertz CT molecular complexity index is 506. The van der Waals surface area contributed by atoms with Crippen LogP contribution in [0, 0.1) is 0 Å². The SMILES string of the molecule is c1ccc(-n2ccsc2=NC2CC2)cc1. The number of hydrogen-bond donors (Lipinski definition) is 0. The second-order valence-electron chi connectivity index (χ2n) is 3.75. The first kappa shape index (κ1) is 8.92. The van der Waals surface area contributed by atoms with E-state index in [0.717, 1.165) is 4.80 Å². The number of rotatable bonds is 2. The Morgan fingerprint density at radius 1 is 1.20 bits per heavy atom. The van der Waals surface area contributed by atoms with Crippen molar-refractivity contribution in [2.24, 2.45) is 4.99 Å². The molecule has 1 aromatic carbocycles. The maximum absolute atomic E-state index is 4.69. The predicted molar refractivity (Wildman–Crippen MR) is 62.2 cm³/mol. The van der Waals surface area contributed by atoms with E-state index in [1.807, 2.05) is 6.07 Å². The standard InChI is InChI=1S/C12H12N2S/c1-2-4-11(5-3-1)14-8-9-15-12(14)13-10-6-7-10/h1-5,8-10H,6-7H2. The summed E-state index contributed by atoms with van der Waals surface area (Å²) in [7, 11) is 0. The van der Waals surface area contributed by atoms with Crippen LogP contribution in [0.1, 0.15) is 12.8 Å². The van der Waals surface area contributed by atoms with Crippen LogP contribution in [0.25, 0.3) is 5.69 Å². The van der Waals surface area contributed by atoms with Crippen LogP contribution >= 0.6 is 11.3 Å². The lowest BCUT2D eigenvalue weighted by Gasteiger charge is -2.01. The number of benzene rings is 1. The van der Waals surface area contributed by atoms with Gasteiger partial charge in [0.1, 0.15) is 0 Å². The zero-order chi connectivity index (χ0) is 10.1. The summed E-state index contributed by atoms with van der Waals surface area (Å²) in [5.74, 6) is 0. The minimum Gasteiger partial charge on any atom is -0.293 e. The van der Waals surface area contributed by atoms with E-state index in [4.69, 9.17) is 0 Å². The van der Waals surface area contributed by atoms with E-state index in [0.29, 0.717) is 6.04 Å². The van der Waals surface area contributed by atoms with Crippen molar-refractivity contribution in [3.8, 4) is 5.69 Å². The van der Waals surface area contributed by atoms with Crippen molar-refractivity contribution in [1.29, 1.82) is 0 Å². The molecule has 15 heavy (non-hydrogen) atoms. The molecule has 2 aromatic rings. The second-order valence-corrected chi connectivity index (χ2v) is 4.62. The van der Waals surface area contributed by atoms with E-state index in [9.17, 15) is 0 Å². The molecule has 1 aromatic heterocycles. The first-order valence-electron chi connectivity index (χ1n) is 5.19. The quantitative estimate of drug-likeness (QED) is 0.734. The predicted octanol–water partition coefficient (Wildman–Crippen LogP) is 2.60. The molecule has 0 spiro atoms. The summed E-state index contributed by atoms with van der Waals surface area (Å²) >= 11 is 1.71. The van der Waals surface area contributed by atoms with Crippen molar-refractivity contribution in [3.05, 3.63) is 46.7 Å². The molecular weight excluding hydrogens is 204 g/mol. The van der Waals surface area contributed by atoms with Crippen molar-refractivity contribution in [1.82, 2.24) is 4.57 Å². The Kier molecular flexibility index (Phi) is 2.18. The van der Waals surface area contributed by atoms with Gasteiger partial charge < -0.3 is 0 Å². The van der Waals surface area contributed by atoms with Gasteiger partial charge in [0, 0.05) is 17.3 Å². The van der Waals surface area contributed by atoms with E-state index >= 15 is 0 Å². The van der Waals surface area contributed by atoms with E-state index in [2.05, 4.69) is 45.4 Å². The zero-order valence-electron chi connectivity index (χ0n) is 8.34. The average molecular weight is 216 g/mol. The summed E-state index contributed by atoms with van der Waals surface area (Å²) in [6, 6.07) is 11.0. The molecule has 3 rings (SSSR count). The van der Waals surface area contributed by atoms with Gasteiger partial charge in [0.2, 0.25) is 0 Å². The molecule has 0 amide bonds. The van der Waals surface area contributed by atoms with Gasteiger partial charge in [-0.05, 0) is 25.0 Å². The molecule has 0 atom stereocenters. The first-order chi connectivity index (χ1) is 7.43. The van der Waals surface area contributed by atoms with E-state index < -0.39 is 0 Å². The molecule has 1 saturated carbocycles. The minimum atomic E-state index is 0.582. The number of thiazole rings is 1. The number of nitrogens with zero attached hydrogens (tertiary/aromatic N) is 2. The van der Waals surface area contributed by atoms with Gasteiger partial charge in [0.05, 0.1) is 6.04 Å². The molecule has 1 aliphatic rings. The van der Waals surface area contributed by atoms with Gasteiger partial charge >= 0.3 is 0 Å². The van der Waals surface area contributed by atoms with Crippen LogP contribution in [0.2, 0.25) is 0 Å². The summed E-state index contributed by atoms with van der Waals surface area (Å²) in [5.41, 5.74) is 1.19. The average Bonchev–Trinajstić information content (AvgIpc) is 2.96. The highest BCUT2D eigenvalue weighted by Gasteiger charge is 2.20. The molecule has 0 unspecified atom stereocenters. The fourth-order valence-corrected chi connectivity index (χ4v) is 2.30. The topological polar surface area (TPSA) is 17.3 Å². The van der Waals surface area contributed by atoms with Crippen LogP contribution in [0.3, 0.4) is 0 Å². The van der Waals surface area contributed by atoms with Gasteiger partial charge in [-0.25, -0.2) is 0 Å². The number of aromatic nitrogens is 1. The van der Waals surface area contributed by atoms with Crippen LogP contribution in [0.5, 0.6) is 0 Å². The number of hydrogen-bond acceptors (Lipinski definition) is 2. The van der Waals surface area contributed by atoms with E-state index in [1.165, 1.54) is 18.5 Å². The minimum absolute atomic E-state index is 0.582. The molecule has 0 radical (unpaired) electrons. The Hall–Kier alpha value is -1.35. The van der Waals surface area contributed by atoms with Gasteiger partial charge in [-0.15, -0.1) is 11.3 Å². The number of para-hydroxylation sites is 1. The third kappa shape index (κ3) is 1.88. The van der Waals surface area contributed by atoms with Crippen LogP contribution < -0.4 is 4.80 Å². The summed E-state index contributed by atoms with van der Waals surface area (Å²) in [6.45, 7) is 0. The van der Waals surface area contributed by atoms with Gasteiger partial charge in [-0.1, -0.05) is 18.2 Å². The van der Waals surface area contributed by atoms with Crippen LogP contribution in [0.4, 0.5) is 0 Å². The smallest absolute Gasteiger partial charge is 0.189 e. The summed E-state index contributed by atoms with van der Waals surface area (Å²) < 4.78 is 2.16. The maximum Gasteiger partial charge on any atom is 0.189 e.